The predicted octanol–water partition coefficient (Wildman–Crippen LogP) is 6.94. The quantitative estimate of drug-likeness (QED) is 0.108. The molecular formula is C37H36BrClN2O7S. The summed E-state index contributed by atoms with van der Waals surface area (Å²) in [6.45, 7) is 10.2. The number of ether oxygens (including phenoxy) is 5. The summed E-state index contributed by atoms with van der Waals surface area (Å²) >= 11 is 10.9. The molecule has 49 heavy (non-hydrogen) atoms. The lowest BCUT2D eigenvalue weighted by molar-refractivity contribution is -0.139. The van der Waals surface area contributed by atoms with Gasteiger partial charge in [-0.15, -0.1) is 6.58 Å². The lowest BCUT2D eigenvalue weighted by Gasteiger charge is -2.26. The molecule has 4 aromatic rings. The maximum Gasteiger partial charge on any atom is 0.338 e. The van der Waals surface area contributed by atoms with E-state index in [9.17, 15) is 9.59 Å². The van der Waals surface area contributed by atoms with Crippen LogP contribution in [0.15, 0.2) is 86.7 Å². The first-order valence-electron chi connectivity index (χ1n) is 15.5. The molecule has 0 aliphatic carbocycles. The largest absolute Gasteiger partial charge is 0.493 e. The summed E-state index contributed by atoms with van der Waals surface area (Å²) < 4.78 is 31.4. The first kappa shape index (κ1) is 36.0. The van der Waals surface area contributed by atoms with E-state index in [0.717, 1.165) is 16.7 Å². The van der Waals surface area contributed by atoms with Crippen molar-refractivity contribution >= 4 is 50.9 Å². The van der Waals surface area contributed by atoms with Crippen LogP contribution in [0.2, 0.25) is 5.02 Å². The van der Waals surface area contributed by atoms with Crippen LogP contribution in [-0.2, 0) is 22.6 Å². The number of aromatic nitrogens is 1. The highest BCUT2D eigenvalue weighted by Gasteiger charge is 2.35. The molecule has 0 spiro atoms. The molecule has 1 aliphatic rings. The lowest BCUT2D eigenvalue weighted by Crippen LogP contribution is -2.40. The van der Waals surface area contributed by atoms with E-state index in [1.807, 2.05) is 43.3 Å². The highest BCUT2D eigenvalue weighted by atomic mass is 79.9. The fourth-order valence-corrected chi connectivity index (χ4v) is 7.27. The van der Waals surface area contributed by atoms with Gasteiger partial charge in [0, 0.05) is 15.1 Å². The van der Waals surface area contributed by atoms with E-state index < -0.39 is 12.0 Å². The van der Waals surface area contributed by atoms with E-state index in [4.69, 9.17) is 40.3 Å². The topological polar surface area (TPSA) is 97.6 Å². The van der Waals surface area contributed by atoms with E-state index in [2.05, 4.69) is 22.5 Å². The van der Waals surface area contributed by atoms with Crippen molar-refractivity contribution in [3.63, 3.8) is 0 Å². The number of carbonyl (C=O) groups excluding carboxylic acids is 1. The van der Waals surface area contributed by atoms with Gasteiger partial charge in [-0.1, -0.05) is 57.1 Å². The highest BCUT2D eigenvalue weighted by Crippen LogP contribution is 2.41. The van der Waals surface area contributed by atoms with Gasteiger partial charge in [0.25, 0.3) is 5.56 Å². The number of hydrogen-bond acceptors (Lipinski definition) is 9. The molecule has 1 atom stereocenters. The summed E-state index contributed by atoms with van der Waals surface area (Å²) in [5.41, 5.74) is 3.52. The number of nitrogens with zero attached hydrogens (tertiary/aromatic N) is 2. The van der Waals surface area contributed by atoms with Gasteiger partial charge in [0.1, 0.15) is 6.61 Å². The molecule has 5 rings (SSSR count). The van der Waals surface area contributed by atoms with Gasteiger partial charge in [0.2, 0.25) is 0 Å². The number of fused-ring (bicyclic) bond motifs is 1. The average Bonchev–Trinajstić information content (AvgIpc) is 3.38. The first-order chi connectivity index (χ1) is 23.6. The van der Waals surface area contributed by atoms with Crippen molar-refractivity contribution in [1.29, 1.82) is 0 Å². The number of hydrogen-bond donors (Lipinski definition) is 0. The summed E-state index contributed by atoms with van der Waals surface area (Å²) in [7, 11) is 3.07. The molecule has 0 saturated carbocycles. The maximum atomic E-state index is 14.3. The van der Waals surface area contributed by atoms with Gasteiger partial charge in [-0.05, 0) is 86.4 Å². The van der Waals surface area contributed by atoms with Crippen LogP contribution in [0, 0.1) is 0 Å². The van der Waals surface area contributed by atoms with Gasteiger partial charge in [-0.2, -0.15) is 0 Å². The van der Waals surface area contributed by atoms with Gasteiger partial charge in [0.05, 0.1) is 49.3 Å². The van der Waals surface area contributed by atoms with Crippen LogP contribution in [0.25, 0.3) is 6.08 Å². The second-order valence-electron chi connectivity index (χ2n) is 10.9. The van der Waals surface area contributed by atoms with Crippen LogP contribution < -0.4 is 33.8 Å². The first-order valence-corrected chi connectivity index (χ1v) is 17.5. The summed E-state index contributed by atoms with van der Waals surface area (Å²) in [6.07, 6.45) is 4.10. The third-order valence-electron chi connectivity index (χ3n) is 7.73. The number of allylic oxidation sites excluding steroid dienone is 2. The Labute approximate surface area is 301 Å². The Morgan fingerprint density at radius 3 is 2.41 bits per heavy atom. The smallest absolute Gasteiger partial charge is 0.338 e. The van der Waals surface area contributed by atoms with E-state index in [1.54, 1.807) is 38.1 Å². The van der Waals surface area contributed by atoms with Crippen molar-refractivity contribution in [1.82, 2.24) is 4.57 Å². The van der Waals surface area contributed by atoms with Crippen molar-refractivity contribution in [2.24, 2.45) is 4.99 Å². The molecule has 0 saturated heterocycles. The second-order valence-corrected chi connectivity index (χ2v) is 13.2. The Morgan fingerprint density at radius 2 is 1.76 bits per heavy atom. The van der Waals surface area contributed by atoms with Crippen molar-refractivity contribution in [2.75, 3.05) is 27.4 Å². The minimum atomic E-state index is -0.856. The number of benzene rings is 3. The lowest BCUT2D eigenvalue weighted by atomic mass is 9.95. The fourth-order valence-electron chi connectivity index (χ4n) is 5.55. The fraction of sp³-hybridized carbons (Fsp3) is 0.270. The van der Waals surface area contributed by atoms with Crippen LogP contribution in [0.3, 0.4) is 0 Å². The number of methoxy groups -OCH3 is 2. The Hall–Kier alpha value is -4.32. The van der Waals surface area contributed by atoms with Gasteiger partial charge in [-0.25, -0.2) is 9.79 Å². The molecule has 9 nitrogen and oxygen atoms in total. The Balaban J connectivity index is 1.66. The Bertz CT molecular complexity index is 2100. The molecule has 1 aliphatic heterocycles. The molecule has 3 aromatic carbocycles. The molecular weight excluding hydrogens is 732 g/mol. The number of esters is 1. The number of halogens is 2. The molecule has 0 amide bonds. The summed E-state index contributed by atoms with van der Waals surface area (Å²) in [6, 6.07) is 13.9. The Kier molecular flexibility index (Phi) is 11.7. The minimum absolute atomic E-state index is 0.161. The van der Waals surface area contributed by atoms with Crippen LogP contribution in [-0.4, -0.2) is 38.0 Å². The van der Waals surface area contributed by atoms with Crippen LogP contribution in [0.4, 0.5) is 0 Å². The third-order valence-corrected chi connectivity index (χ3v) is 9.65. The van der Waals surface area contributed by atoms with Crippen molar-refractivity contribution in [3.05, 3.63) is 124 Å². The van der Waals surface area contributed by atoms with Crippen LogP contribution >= 0.6 is 38.9 Å². The number of carbonyl (C=O) groups is 1. The molecule has 0 N–H and O–H groups in total. The van der Waals surface area contributed by atoms with Gasteiger partial charge in [-0.3, -0.25) is 9.36 Å². The zero-order chi connectivity index (χ0) is 35.2. The summed E-state index contributed by atoms with van der Waals surface area (Å²) in [4.78, 5) is 32.9. The van der Waals surface area contributed by atoms with Gasteiger partial charge >= 0.3 is 5.97 Å². The second kappa shape index (κ2) is 15.9. The standard InChI is InChI=1S/C37H36BrClN2O7S/c1-7-10-24-15-23(16-30(46-8-2)34(24)48-20-22-11-13-25(39)14-12-22)17-31-35(42)41-33(26-18-28(44-5)29(45-6)19-27(26)38)32(36(43)47-9-3)21(4)40-37(41)49-31/h7,11-19,33H,1,8-10,20H2,2-6H3/b31-17+/t33-/m0/s1. The minimum Gasteiger partial charge on any atom is -0.493 e. The molecule has 0 unspecified atom stereocenters. The van der Waals surface area contributed by atoms with Crippen molar-refractivity contribution < 1.29 is 28.5 Å². The maximum absolute atomic E-state index is 14.3. The summed E-state index contributed by atoms with van der Waals surface area (Å²) in [5, 5.41) is 0.649. The van der Waals surface area contributed by atoms with E-state index in [1.165, 1.54) is 30.1 Å². The SMILES string of the molecule is C=CCc1cc(/C=c2/sc3n(c2=O)[C@@H](c2cc(OC)c(OC)cc2Br)C(C(=O)OCC)=C(C)N=3)cc(OCC)c1OCc1ccc(Cl)cc1. The normalized spacial score (nSPS) is 14.2. The molecule has 0 fully saturated rings. The average molecular weight is 768 g/mol. The molecule has 12 heteroatoms. The molecule has 256 valence electrons. The number of thiazole rings is 1. The zero-order valence-electron chi connectivity index (χ0n) is 27.8. The monoisotopic (exact) mass is 766 g/mol. The highest BCUT2D eigenvalue weighted by molar-refractivity contribution is 9.10. The van der Waals surface area contributed by atoms with E-state index in [0.29, 0.717) is 72.7 Å². The predicted molar refractivity (Wildman–Crippen MR) is 195 cm³/mol. The molecule has 1 aromatic heterocycles. The van der Waals surface area contributed by atoms with Gasteiger partial charge < -0.3 is 23.7 Å². The number of rotatable bonds is 13. The van der Waals surface area contributed by atoms with Crippen LogP contribution in [0.5, 0.6) is 23.0 Å². The molecule has 2 heterocycles. The van der Waals surface area contributed by atoms with Crippen molar-refractivity contribution in [2.45, 2.75) is 39.8 Å². The Morgan fingerprint density at radius 1 is 1.04 bits per heavy atom. The molecule has 0 bridgehead atoms. The van der Waals surface area contributed by atoms with Gasteiger partial charge in [0.15, 0.2) is 27.8 Å². The molecule has 0 radical (unpaired) electrons. The van der Waals surface area contributed by atoms with E-state index >= 15 is 0 Å². The zero-order valence-corrected chi connectivity index (χ0v) is 31.0. The van der Waals surface area contributed by atoms with Crippen molar-refractivity contribution in [3.8, 4) is 23.0 Å². The van der Waals surface area contributed by atoms with E-state index in [-0.39, 0.29) is 17.7 Å². The van der Waals surface area contributed by atoms with Crippen LogP contribution in [0.1, 0.15) is 49.1 Å². The summed E-state index contributed by atoms with van der Waals surface area (Å²) in [5.74, 6) is 1.52. The third kappa shape index (κ3) is 7.64.